The van der Waals surface area contributed by atoms with Crippen LogP contribution in [0.4, 0.5) is 5.95 Å². The summed E-state index contributed by atoms with van der Waals surface area (Å²) in [6, 6.07) is 17.9. The highest BCUT2D eigenvalue weighted by Gasteiger charge is 2.27. The van der Waals surface area contributed by atoms with Crippen LogP contribution < -0.4 is 10.7 Å². The topological polar surface area (TPSA) is 106 Å². The molecule has 6 rings (SSSR count). The molecule has 0 unspecified atom stereocenters. The van der Waals surface area contributed by atoms with Gasteiger partial charge in [0.2, 0.25) is 11.8 Å². The van der Waals surface area contributed by atoms with Crippen LogP contribution in [0.5, 0.6) is 0 Å². The summed E-state index contributed by atoms with van der Waals surface area (Å²) in [7, 11) is 2.05. The number of fused-ring (bicyclic) bond motifs is 1. The highest BCUT2D eigenvalue weighted by molar-refractivity contribution is 6.30. The van der Waals surface area contributed by atoms with E-state index in [0.717, 1.165) is 29.5 Å². The van der Waals surface area contributed by atoms with Crippen LogP contribution in [0.25, 0.3) is 34.1 Å². The number of nitrogens with one attached hydrogen (secondary N) is 1. The van der Waals surface area contributed by atoms with Crippen molar-refractivity contribution in [2.24, 2.45) is 11.8 Å². The minimum absolute atomic E-state index is 0.0141. The Bertz CT molecular complexity index is 1650. The van der Waals surface area contributed by atoms with Crippen LogP contribution in [0.15, 0.2) is 63.8 Å². The molecule has 3 aromatic heterocycles. The summed E-state index contributed by atoms with van der Waals surface area (Å²) in [6.07, 6.45) is 4.80. The highest BCUT2D eigenvalue weighted by Crippen LogP contribution is 2.36. The Morgan fingerprint density at radius 1 is 1.05 bits per heavy atom. The SMILES string of the molecule is CC1CCC(Cn2c(N(C)Cc3ccccc3)nc3nc(-c4n[nH]c(=O)o4)nc(-c4cccc(Cl)c4)c32)CC1. The lowest BCUT2D eigenvalue weighted by Gasteiger charge is -2.28. The van der Waals surface area contributed by atoms with E-state index in [2.05, 4.69) is 38.7 Å². The average molecular weight is 544 g/mol. The van der Waals surface area contributed by atoms with Crippen molar-refractivity contribution in [2.45, 2.75) is 45.7 Å². The van der Waals surface area contributed by atoms with Gasteiger partial charge in [0.25, 0.3) is 5.89 Å². The summed E-state index contributed by atoms with van der Waals surface area (Å²) >= 11 is 6.41. The Hall–Kier alpha value is -3.98. The molecule has 1 saturated carbocycles. The van der Waals surface area contributed by atoms with Crippen LogP contribution in [-0.4, -0.2) is 36.8 Å². The van der Waals surface area contributed by atoms with E-state index in [-0.39, 0.29) is 11.7 Å². The summed E-state index contributed by atoms with van der Waals surface area (Å²) in [5, 5.41) is 6.86. The predicted octanol–water partition coefficient (Wildman–Crippen LogP) is 5.95. The van der Waals surface area contributed by atoms with Crippen LogP contribution in [0.3, 0.4) is 0 Å². The molecule has 2 aromatic carbocycles. The second kappa shape index (κ2) is 10.6. The third-order valence-electron chi connectivity index (χ3n) is 7.49. The van der Waals surface area contributed by atoms with Gasteiger partial charge in [-0.1, -0.05) is 73.8 Å². The molecular formula is C29H30ClN7O2. The van der Waals surface area contributed by atoms with Crippen LogP contribution in [0.2, 0.25) is 5.02 Å². The fraction of sp³-hybridized carbons (Fsp3) is 0.345. The zero-order valence-corrected chi connectivity index (χ0v) is 22.7. The first-order valence-electron chi connectivity index (χ1n) is 13.3. The molecule has 0 saturated heterocycles. The van der Waals surface area contributed by atoms with Gasteiger partial charge >= 0.3 is 5.76 Å². The molecule has 9 nitrogen and oxygen atoms in total. The molecule has 0 radical (unpaired) electrons. The number of anilines is 1. The molecule has 1 fully saturated rings. The van der Waals surface area contributed by atoms with E-state index in [9.17, 15) is 4.79 Å². The third kappa shape index (κ3) is 5.31. The second-order valence-corrected chi connectivity index (χ2v) is 10.9. The van der Waals surface area contributed by atoms with Crippen molar-refractivity contribution in [3.63, 3.8) is 0 Å². The number of benzene rings is 2. The quantitative estimate of drug-likeness (QED) is 0.270. The number of imidazole rings is 1. The molecule has 3 heterocycles. The maximum Gasteiger partial charge on any atom is 0.434 e. The Kier molecular flexibility index (Phi) is 6.91. The molecule has 10 heteroatoms. The molecule has 0 aliphatic heterocycles. The normalized spacial score (nSPS) is 17.5. The summed E-state index contributed by atoms with van der Waals surface area (Å²) in [5.41, 5.74) is 4.02. The average Bonchev–Trinajstić information content (AvgIpc) is 3.54. The number of aromatic nitrogens is 6. The zero-order chi connectivity index (χ0) is 26.9. The van der Waals surface area contributed by atoms with Crippen LogP contribution in [-0.2, 0) is 13.1 Å². The molecule has 5 aromatic rings. The van der Waals surface area contributed by atoms with Crippen molar-refractivity contribution in [1.82, 2.24) is 29.7 Å². The van der Waals surface area contributed by atoms with Crippen molar-refractivity contribution in [1.29, 1.82) is 0 Å². The number of H-pyrrole nitrogens is 1. The van der Waals surface area contributed by atoms with Gasteiger partial charge in [0.15, 0.2) is 5.65 Å². The van der Waals surface area contributed by atoms with Crippen LogP contribution in [0.1, 0.15) is 38.2 Å². The third-order valence-corrected chi connectivity index (χ3v) is 7.73. The Labute approximate surface area is 230 Å². The number of hydrogen-bond donors (Lipinski definition) is 1. The van der Waals surface area contributed by atoms with Crippen molar-refractivity contribution >= 4 is 28.7 Å². The van der Waals surface area contributed by atoms with E-state index in [4.69, 9.17) is 31.0 Å². The Balaban J connectivity index is 1.54. The summed E-state index contributed by atoms with van der Waals surface area (Å²) in [5.74, 6) is 1.63. The first-order valence-corrected chi connectivity index (χ1v) is 13.7. The van der Waals surface area contributed by atoms with Gasteiger partial charge in [-0.2, -0.15) is 4.98 Å². The summed E-state index contributed by atoms with van der Waals surface area (Å²) in [4.78, 5) is 28.5. The van der Waals surface area contributed by atoms with Gasteiger partial charge in [-0.15, -0.1) is 5.10 Å². The predicted molar refractivity (Wildman–Crippen MR) is 152 cm³/mol. The number of hydrogen-bond acceptors (Lipinski definition) is 7. The molecule has 39 heavy (non-hydrogen) atoms. The Morgan fingerprint density at radius 3 is 2.56 bits per heavy atom. The molecule has 0 spiro atoms. The van der Waals surface area contributed by atoms with Crippen molar-refractivity contribution in [2.75, 3.05) is 11.9 Å². The lowest BCUT2D eigenvalue weighted by Crippen LogP contribution is -2.24. The van der Waals surface area contributed by atoms with Gasteiger partial charge in [0.1, 0.15) is 11.2 Å². The molecule has 1 N–H and O–H groups in total. The van der Waals surface area contributed by atoms with Gasteiger partial charge in [-0.05, 0) is 42.4 Å². The van der Waals surface area contributed by atoms with E-state index in [1.54, 1.807) is 0 Å². The van der Waals surface area contributed by atoms with Gasteiger partial charge in [0.05, 0.1) is 0 Å². The smallest absolute Gasteiger partial charge is 0.384 e. The van der Waals surface area contributed by atoms with E-state index < -0.39 is 5.76 Å². The number of aromatic amines is 1. The molecule has 0 atom stereocenters. The van der Waals surface area contributed by atoms with Gasteiger partial charge in [-0.3, -0.25) is 0 Å². The standard InChI is InChI=1S/C29H30ClN7O2/c1-18-11-13-20(14-12-18)17-37-24-23(21-9-6-10-22(30)15-21)31-26(27-34-35-29(38)39-27)32-25(24)33-28(37)36(2)16-19-7-4-3-5-8-19/h3-10,15,18,20H,11-14,16-17H2,1-2H3,(H,35,38). The van der Waals surface area contributed by atoms with Crippen molar-refractivity contribution < 1.29 is 4.42 Å². The highest BCUT2D eigenvalue weighted by atomic mass is 35.5. The van der Waals surface area contributed by atoms with Crippen molar-refractivity contribution in [3.8, 4) is 23.0 Å². The molecule has 1 aliphatic carbocycles. The lowest BCUT2D eigenvalue weighted by atomic mass is 9.83. The molecular weight excluding hydrogens is 514 g/mol. The maximum absolute atomic E-state index is 11.7. The minimum atomic E-state index is -0.668. The van der Waals surface area contributed by atoms with Crippen LogP contribution in [0, 0.1) is 11.8 Å². The molecule has 1 aliphatic rings. The second-order valence-electron chi connectivity index (χ2n) is 10.5. The number of rotatable bonds is 7. The van der Waals surface area contributed by atoms with Gasteiger partial charge in [0, 0.05) is 30.7 Å². The Morgan fingerprint density at radius 2 is 1.85 bits per heavy atom. The molecule has 0 amide bonds. The first kappa shape index (κ1) is 25.3. The van der Waals surface area contributed by atoms with Gasteiger partial charge < -0.3 is 13.9 Å². The lowest BCUT2D eigenvalue weighted by molar-refractivity contribution is 0.267. The largest absolute Gasteiger partial charge is 0.434 e. The zero-order valence-electron chi connectivity index (χ0n) is 22.0. The first-order chi connectivity index (χ1) is 18.9. The number of nitrogens with zero attached hydrogens (tertiary/aromatic N) is 6. The summed E-state index contributed by atoms with van der Waals surface area (Å²) in [6.45, 7) is 3.83. The van der Waals surface area contributed by atoms with E-state index >= 15 is 0 Å². The molecule has 0 bridgehead atoms. The van der Waals surface area contributed by atoms with Crippen molar-refractivity contribution in [3.05, 3.63) is 75.7 Å². The monoisotopic (exact) mass is 543 g/mol. The van der Waals surface area contributed by atoms with Crippen LogP contribution >= 0.6 is 11.6 Å². The number of halogens is 1. The van der Waals surface area contributed by atoms with Gasteiger partial charge in [-0.25, -0.2) is 19.9 Å². The summed E-state index contributed by atoms with van der Waals surface area (Å²) < 4.78 is 7.47. The molecule has 200 valence electrons. The maximum atomic E-state index is 11.7. The van der Waals surface area contributed by atoms with E-state index in [1.165, 1.54) is 31.2 Å². The van der Waals surface area contributed by atoms with E-state index in [1.807, 2.05) is 49.5 Å². The van der Waals surface area contributed by atoms with E-state index in [0.29, 0.717) is 28.8 Å². The fourth-order valence-electron chi connectivity index (χ4n) is 5.45. The minimum Gasteiger partial charge on any atom is -0.384 e. The fourth-order valence-corrected chi connectivity index (χ4v) is 5.64.